The zero-order chi connectivity index (χ0) is 28.3. The number of imidazole rings is 1. The van der Waals surface area contributed by atoms with Crippen molar-refractivity contribution in [2.45, 2.75) is 52.5 Å². The quantitative estimate of drug-likeness (QED) is 0.315. The number of halogens is 1. The molecule has 13 heteroatoms. The lowest BCUT2D eigenvalue weighted by Crippen LogP contribution is -2.16. The fourth-order valence-electron chi connectivity index (χ4n) is 3.79. The first-order valence-corrected chi connectivity index (χ1v) is 14.1. The number of pyridine rings is 1. The Morgan fingerprint density at radius 2 is 1.95 bits per heavy atom. The molecule has 0 saturated heterocycles. The minimum atomic E-state index is -3.66. The Balaban J connectivity index is 0.000000531. The molecule has 1 amide bonds. The number of aryl methyl sites for hydroxylation is 1. The van der Waals surface area contributed by atoms with Gasteiger partial charge in [-0.25, -0.2) is 14.4 Å². The summed E-state index contributed by atoms with van der Waals surface area (Å²) in [6.07, 6.45) is 7.60. The molecule has 0 radical (unpaired) electrons. The molecular weight excluding hydrogens is 525 g/mol. The smallest absolute Gasteiger partial charge is 0.264 e. The van der Waals surface area contributed by atoms with Crippen LogP contribution in [0.15, 0.2) is 49.2 Å². The molecule has 0 spiro atoms. The highest BCUT2D eigenvalue weighted by Gasteiger charge is 2.26. The molecule has 1 saturated carbocycles. The molecule has 206 valence electrons. The Kier molecular flexibility index (Phi) is 8.21. The Bertz CT molecular complexity index is 1590. The Labute approximate surface area is 225 Å². The number of carbonyl (C=O) groups is 1. The predicted octanol–water partition coefficient (Wildman–Crippen LogP) is 4.58. The van der Waals surface area contributed by atoms with Crippen LogP contribution in [0.1, 0.15) is 67.2 Å². The van der Waals surface area contributed by atoms with Crippen molar-refractivity contribution in [2.24, 2.45) is 0 Å². The van der Waals surface area contributed by atoms with E-state index in [0.717, 1.165) is 24.1 Å². The summed E-state index contributed by atoms with van der Waals surface area (Å²) in [6, 6.07) is 8.29. The molecule has 0 unspecified atom stereocenters. The zero-order valence-corrected chi connectivity index (χ0v) is 22.9. The van der Waals surface area contributed by atoms with Crippen LogP contribution in [0, 0.1) is 12.7 Å². The maximum absolute atomic E-state index is 14.8. The number of nitrogens with one attached hydrogen (secondary N) is 1. The summed E-state index contributed by atoms with van der Waals surface area (Å²) in [5.74, 6) is 0.0350. The highest BCUT2D eigenvalue weighted by atomic mass is 32.2. The first-order chi connectivity index (χ1) is 18.5. The molecule has 3 heterocycles. The highest BCUT2D eigenvalue weighted by Crippen LogP contribution is 2.39. The lowest BCUT2D eigenvalue weighted by Gasteiger charge is -2.12. The fraction of sp³-hybridized carbons (Fsp3) is 0.346. The van der Waals surface area contributed by atoms with Gasteiger partial charge in [-0.05, 0) is 70.4 Å². The van der Waals surface area contributed by atoms with E-state index in [1.807, 2.05) is 36.1 Å². The number of rotatable bonds is 7. The minimum absolute atomic E-state index is 0.0603. The lowest BCUT2D eigenvalue weighted by atomic mass is 10.1. The van der Waals surface area contributed by atoms with E-state index in [0.29, 0.717) is 28.9 Å². The van der Waals surface area contributed by atoms with Crippen molar-refractivity contribution in [1.29, 1.82) is 0 Å². The predicted molar refractivity (Wildman–Crippen MR) is 144 cm³/mol. The molecule has 5 rings (SSSR count). The molecule has 1 aromatic carbocycles. The van der Waals surface area contributed by atoms with Gasteiger partial charge in [-0.15, -0.1) is 10.2 Å². The van der Waals surface area contributed by atoms with E-state index in [9.17, 15) is 17.6 Å². The molecular formula is C26H30FN7O4S. The zero-order valence-electron chi connectivity index (χ0n) is 22.0. The van der Waals surface area contributed by atoms with Crippen molar-refractivity contribution in [2.75, 3.05) is 11.1 Å². The minimum Gasteiger partial charge on any atom is -0.310 e. The number of anilines is 1. The first kappa shape index (κ1) is 28.0. The molecule has 1 fully saturated rings. The van der Waals surface area contributed by atoms with Crippen molar-refractivity contribution < 1.29 is 22.2 Å². The summed E-state index contributed by atoms with van der Waals surface area (Å²) >= 11 is 0. The van der Waals surface area contributed by atoms with Crippen LogP contribution in [0.4, 0.5) is 10.2 Å². The van der Waals surface area contributed by atoms with E-state index in [1.165, 1.54) is 13.0 Å². The average Bonchev–Trinajstić information content (AvgIpc) is 3.39. The van der Waals surface area contributed by atoms with Gasteiger partial charge in [0.05, 0.1) is 29.0 Å². The Morgan fingerprint density at radius 3 is 2.59 bits per heavy atom. The number of amides is 1. The number of carbonyl (C=O) groups excluding carboxylic acids is 1. The summed E-state index contributed by atoms with van der Waals surface area (Å²) < 4.78 is 45.4. The largest absolute Gasteiger partial charge is 0.310 e. The van der Waals surface area contributed by atoms with Crippen molar-refractivity contribution in [3.05, 3.63) is 71.8 Å². The molecule has 39 heavy (non-hydrogen) atoms. The van der Waals surface area contributed by atoms with Gasteiger partial charge in [0.1, 0.15) is 23.7 Å². The number of nitrogens with zero attached hydrogens (tertiary/aromatic N) is 6. The molecule has 1 aliphatic carbocycles. The summed E-state index contributed by atoms with van der Waals surface area (Å²) in [6.45, 7) is 7.22. The molecule has 1 aliphatic rings. The SMILES string of the molecule is CCS(=O)(=O)O.Cc1cc(F)c(C(=O)Nc2cccc(-c3nncn3C(C)C)n2)cc1-n1cnc(C2CC2)c1. The van der Waals surface area contributed by atoms with E-state index in [1.54, 1.807) is 36.9 Å². The van der Waals surface area contributed by atoms with Crippen LogP contribution < -0.4 is 5.32 Å². The maximum atomic E-state index is 14.8. The molecule has 0 aliphatic heterocycles. The van der Waals surface area contributed by atoms with Gasteiger partial charge < -0.3 is 14.5 Å². The van der Waals surface area contributed by atoms with Crippen LogP contribution in [0.3, 0.4) is 0 Å². The van der Waals surface area contributed by atoms with Gasteiger partial charge in [-0.1, -0.05) is 6.07 Å². The highest BCUT2D eigenvalue weighted by molar-refractivity contribution is 7.85. The third-order valence-corrected chi connectivity index (χ3v) is 6.85. The molecule has 0 bridgehead atoms. The van der Waals surface area contributed by atoms with Crippen LogP contribution in [-0.2, 0) is 10.1 Å². The lowest BCUT2D eigenvalue weighted by molar-refractivity contribution is 0.102. The van der Waals surface area contributed by atoms with Crippen LogP contribution >= 0.6 is 0 Å². The topological polar surface area (TPSA) is 145 Å². The van der Waals surface area contributed by atoms with Crippen LogP contribution in [-0.4, -0.2) is 53.9 Å². The van der Waals surface area contributed by atoms with Crippen molar-refractivity contribution in [3.63, 3.8) is 0 Å². The molecule has 2 N–H and O–H groups in total. The third-order valence-electron chi connectivity index (χ3n) is 6.12. The molecule has 4 aromatic rings. The maximum Gasteiger partial charge on any atom is 0.264 e. The van der Waals surface area contributed by atoms with Crippen LogP contribution in [0.2, 0.25) is 0 Å². The Morgan fingerprint density at radius 1 is 1.23 bits per heavy atom. The summed E-state index contributed by atoms with van der Waals surface area (Å²) in [4.78, 5) is 21.9. The summed E-state index contributed by atoms with van der Waals surface area (Å²) in [5, 5.41) is 10.8. The number of benzene rings is 1. The normalized spacial score (nSPS) is 13.2. The molecule has 3 aromatic heterocycles. The van der Waals surface area contributed by atoms with Gasteiger partial charge in [-0.2, -0.15) is 8.42 Å². The third kappa shape index (κ3) is 6.92. The van der Waals surface area contributed by atoms with Gasteiger partial charge in [0.2, 0.25) is 0 Å². The van der Waals surface area contributed by atoms with Gasteiger partial charge in [0, 0.05) is 18.2 Å². The Hall–Kier alpha value is -3.97. The van der Waals surface area contributed by atoms with Crippen LogP contribution in [0.25, 0.3) is 17.2 Å². The first-order valence-electron chi connectivity index (χ1n) is 12.4. The summed E-state index contributed by atoms with van der Waals surface area (Å²) in [5.41, 5.74) is 2.97. The van der Waals surface area contributed by atoms with Crippen molar-refractivity contribution in [1.82, 2.24) is 29.3 Å². The standard InChI is InChI=1S/C24H24FN7O.C2H6O3S/c1-14(2)32-13-27-30-23(32)19-5-4-6-22(28-19)29-24(33)17-10-21(15(3)9-18(17)25)31-11-20(26-12-31)16-7-8-16;1-2-6(3,4)5/h4-6,9-14,16H,7-8H2,1-3H3,(H,28,29,33);2H2,1H3,(H,3,4,5). The monoisotopic (exact) mass is 555 g/mol. The van der Waals surface area contributed by atoms with Gasteiger partial charge in [0.25, 0.3) is 16.0 Å². The van der Waals surface area contributed by atoms with E-state index in [-0.39, 0.29) is 17.4 Å². The summed E-state index contributed by atoms with van der Waals surface area (Å²) in [7, 11) is -3.66. The molecule has 11 nitrogen and oxygen atoms in total. The number of aromatic nitrogens is 6. The second-order valence-corrected chi connectivity index (χ2v) is 11.2. The fourth-order valence-corrected chi connectivity index (χ4v) is 3.79. The molecule has 0 atom stereocenters. The second kappa shape index (κ2) is 11.4. The number of hydrogen-bond acceptors (Lipinski definition) is 7. The van der Waals surface area contributed by atoms with Gasteiger partial charge >= 0.3 is 0 Å². The van der Waals surface area contributed by atoms with Crippen molar-refractivity contribution >= 4 is 21.8 Å². The average molecular weight is 556 g/mol. The van der Waals surface area contributed by atoms with E-state index in [2.05, 4.69) is 25.5 Å². The van der Waals surface area contributed by atoms with E-state index < -0.39 is 21.8 Å². The van der Waals surface area contributed by atoms with Gasteiger partial charge in [0.15, 0.2) is 5.82 Å². The second-order valence-electron chi connectivity index (χ2n) is 9.49. The van der Waals surface area contributed by atoms with Crippen LogP contribution in [0.5, 0.6) is 0 Å². The van der Waals surface area contributed by atoms with Gasteiger partial charge in [-0.3, -0.25) is 9.35 Å². The number of hydrogen-bond donors (Lipinski definition) is 2. The van der Waals surface area contributed by atoms with E-state index >= 15 is 0 Å². The van der Waals surface area contributed by atoms with Crippen molar-refractivity contribution in [3.8, 4) is 17.2 Å². The van der Waals surface area contributed by atoms with E-state index in [4.69, 9.17) is 4.55 Å².